The summed E-state index contributed by atoms with van der Waals surface area (Å²) in [6.07, 6.45) is 0. The van der Waals surface area contributed by atoms with Gasteiger partial charge < -0.3 is 0 Å². The van der Waals surface area contributed by atoms with Gasteiger partial charge in [-0.25, -0.2) is 4.98 Å². The van der Waals surface area contributed by atoms with E-state index in [0.29, 0.717) is 0 Å². The van der Waals surface area contributed by atoms with Gasteiger partial charge in [-0.1, -0.05) is 12.1 Å². The molecule has 0 bridgehead atoms. The molecule has 1 aromatic carbocycles. The largest absolute Gasteiger partial charge is 0.280 e. The third kappa shape index (κ3) is 1.81. The van der Waals surface area contributed by atoms with Crippen LogP contribution in [0.5, 0.6) is 0 Å². The highest BCUT2D eigenvalue weighted by atomic mass is 32.1. The molecule has 0 unspecified atom stereocenters. The first kappa shape index (κ1) is 10.4. The van der Waals surface area contributed by atoms with Gasteiger partial charge >= 0.3 is 0 Å². The van der Waals surface area contributed by atoms with Crippen LogP contribution in [-0.2, 0) is 0 Å². The van der Waals surface area contributed by atoms with Gasteiger partial charge in [-0.15, -0.1) is 22.7 Å². The second-order valence-electron chi connectivity index (χ2n) is 3.41. The molecule has 84 valence electrons. The molecule has 3 aromatic rings. The van der Waals surface area contributed by atoms with E-state index < -0.39 is 0 Å². The van der Waals surface area contributed by atoms with E-state index in [1.54, 1.807) is 22.8 Å². The van der Waals surface area contributed by atoms with Crippen molar-refractivity contribution in [1.82, 2.24) is 4.98 Å². The van der Waals surface area contributed by atoms with Crippen LogP contribution < -0.4 is 0 Å². The van der Waals surface area contributed by atoms with Crippen LogP contribution in [0.2, 0.25) is 0 Å². The zero-order chi connectivity index (χ0) is 11.8. The van der Waals surface area contributed by atoms with Gasteiger partial charge in [-0.3, -0.25) is 10.1 Å². The summed E-state index contributed by atoms with van der Waals surface area (Å²) < 4.78 is 1.10. The summed E-state index contributed by atoms with van der Waals surface area (Å²) in [5, 5.41) is 13.0. The number of hydrogen-bond donors (Lipinski definition) is 0. The van der Waals surface area contributed by atoms with Gasteiger partial charge in [0.1, 0.15) is 5.01 Å². The number of aromatic nitrogens is 1. The zero-order valence-electron chi connectivity index (χ0n) is 8.49. The van der Waals surface area contributed by atoms with Gasteiger partial charge in [0.2, 0.25) is 0 Å². The van der Waals surface area contributed by atoms with Gasteiger partial charge in [0.05, 0.1) is 25.4 Å². The lowest BCUT2D eigenvalue weighted by Crippen LogP contribution is -1.82. The van der Waals surface area contributed by atoms with Crippen LogP contribution in [0.3, 0.4) is 0 Å². The number of fused-ring (bicyclic) bond motifs is 1. The van der Waals surface area contributed by atoms with Crippen LogP contribution in [0.25, 0.3) is 20.1 Å². The molecule has 0 fully saturated rings. The maximum Gasteiger partial charge on any atom is 0.280 e. The van der Waals surface area contributed by atoms with E-state index >= 15 is 0 Å². The first-order valence-electron chi connectivity index (χ1n) is 4.83. The van der Waals surface area contributed by atoms with Crippen molar-refractivity contribution >= 4 is 38.6 Å². The highest BCUT2D eigenvalue weighted by Gasteiger charge is 2.13. The Morgan fingerprint density at radius 3 is 2.82 bits per heavy atom. The molecule has 0 atom stereocenters. The van der Waals surface area contributed by atoms with E-state index in [2.05, 4.69) is 4.98 Å². The van der Waals surface area contributed by atoms with Crippen LogP contribution in [0.15, 0.2) is 35.7 Å². The van der Waals surface area contributed by atoms with Crippen LogP contribution >= 0.6 is 22.7 Å². The number of thiazole rings is 1. The van der Waals surface area contributed by atoms with Crippen LogP contribution in [0, 0.1) is 10.1 Å². The second kappa shape index (κ2) is 3.90. The third-order valence-electron chi connectivity index (χ3n) is 2.30. The van der Waals surface area contributed by atoms with E-state index in [1.165, 1.54) is 11.3 Å². The Bertz CT molecular complexity index is 669. The summed E-state index contributed by atoms with van der Waals surface area (Å²) in [6.45, 7) is 0. The SMILES string of the molecule is O=[N+]([O-])c1csc(-c2nc3ccccc3s2)c1. The zero-order valence-corrected chi connectivity index (χ0v) is 10.1. The Balaban J connectivity index is 2.10. The molecule has 2 aromatic heterocycles. The minimum Gasteiger partial charge on any atom is -0.258 e. The average molecular weight is 262 g/mol. The molecule has 0 aliphatic rings. The van der Waals surface area contributed by atoms with Crippen LogP contribution in [0.1, 0.15) is 0 Å². The van der Waals surface area contributed by atoms with Gasteiger partial charge in [-0.2, -0.15) is 0 Å². The first-order valence-corrected chi connectivity index (χ1v) is 6.52. The Morgan fingerprint density at radius 2 is 2.12 bits per heavy atom. The molecule has 0 radical (unpaired) electrons. The average Bonchev–Trinajstić information content (AvgIpc) is 2.95. The quantitative estimate of drug-likeness (QED) is 0.519. The fourth-order valence-corrected chi connectivity index (χ4v) is 3.39. The Kier molecular flexibility index (Phi) is 2.38. The highest BCUT2D eigenvalue weighted by molar-refractivity contribution is 7.25. The molecule has 6 heteroatoms. The summed E-state index contributed by atoms with van der Waals surface area (Å²) in [5.41, 5.74) is 1.06. The van der Waals surface area contributed by atoms with Crippen molar-refractivity contribution in [1.29, 1.82) is 0 Å². The van der Waals surface area contributed by atoms with Gasteiger partial charge in [0.25, 0.3) is 5.69 Å². The Labute approximate surface area is 104 Å². The highest BCUT2D eigenvalue weighted by Crippen LogP contribution is 2.35. The standard InChI is InChI=1S/C11H6N2O2S2/c14-13(15)7-5-10(16-6-7)11-12-8-3-1-2-4-9(8)17-11/h1-6H. The summed E-state index contributed by atoms with van der Waals surface area (Å²) in [7, 11) is 0. The van der Waals surface area contributed by atoms with E-state index in [9.17, 15) is 10.1 Å². The summed E-state index contributed by atoms with van der Waals surface area (Å²) in [4.78, 5) is 15.5. The lowest BCUT2D eigenvalue weighted by Gasteiger charge is -1.84. The number of benzene rings is 1. The topological polar surface area (TPSA) is 56.0 Å². The molecule has 2 heterocycles. The molecule has 17 heavy (non-hydrogen) atoms. The molecule has 0 amide bonds. The van der Waals surface area contributed by atoms with Gasteiger partial charge in [-0.05, 0) is 12.1 Å². The Hall–Kier alpha value is -1.79. The maximum absolute atomic E-state index is 10.6. The molecule has 0 saturated carbocycles. The molecule has 0 aliphatic carbocycles. The van der Waals surface area contributed by atoms with E-state index in [1.807, 2.05) is 24.3 Å². The van der Waals surface area contributed by atoms with E-state index in [4.69, 9.17) is 0 Å². The summed E-state index contributed by atoms with van der Waals surface area (Å²) >= 11 is 2.90. The number of para-hydroxylation sites is 1. The predicted octanol–water partition coefficient (Wildman–Crippen LogP) is 3.93. The minimum atomic E-state index is -0.382. The van der Waals surface area contributed by atoms with Crippen LogP contribution in [-0.4, -0.2) is 9.91 Å². The van der Waals surface area contributed by atoms with Crippen molar-refractivity contribution in [3.05, 3.63) is 45.8 Å². The molecular formula is C11H6N2O2S2. The first-order chi connectivity index (χ1) is 8.24. The number of thiophene rings is 1. The lowest BCUT2D eigenvalue weighted by atomic mass is 10.3. The van der Waals surface area contributed by atoms with E-state index in [0.717, 1.165) is 20.1 Å². The van der Waals surface area contributed by atoms with Crippen molar-refractivity contribution in [3.63, 3.8) is 0 Å². The van der Waals surface area contributed by atoms with Crippen molar-refractivity contribution in [2.75, 3.05) is 0 Å². The molecule has 0 N–H and O–H groups in total. The van der Waals surface area contributed by atoms with Gasteiger partial charge in [0, 0.05) is 6.07 Å². The maximum atomic E-state index is 10.6. The summed E-state index contributed by atoms with van der Waals surface area (Å²) in [5.74, 6) is 0. The number of nitro groups is 1. The third-order valence-corrected chi connectivity index (χ3v) is 4.42. The van der Waals surface area contributed by atoms with Crippen molar-refractivity contribution in [2.45, 2.75) is 0 Å². The molecule has 0 spiro atoms. The molecule has 4 nitrogen and oxygen atoms in total. The smallest absolute Gasteiger partial charge is 0.258 e. The van der Waals surface area contributed by atoms with Crippen molar-refractivity contribution in [3.8, 4) is 9.88 Å². The molecule has 3 rings (SSSR count). The van der Waals surface area contributed by atoms with Gasteiger partial charge in [0.15, 0.2) is 0 Å². The fraction of sp³-hybridized carbons (Fsp3) is 0. The normalized spacial score (nSPS) is 10.8. The molecular weight excluding hydrogens is 256 g/mol. The number of rotatable bonds is 2. The van der Waals surface area contributed by atoms with Crippen molar-refractivity contribution < 1.29 is 4.92 Å². The van der Waals surface area contributed by atoms with Crippen LogP contribution in [0.4, 0.5) is 5.69 Å². The van der Waals surface area contributed by atoms with E-state index in [-0.39, 0.29) is 10.6 Å². The molecule has 0 saturated heterocycles. The molecule has 0 aliphatic heterocycles. The Morgan fingerprint density at radius 1 is 1.29 bits per heavy atom. The lowest BCUT2D eigenvalue weighted by molar-refractivity contribution is -0.384. The summed E-state index contributed by atoms with van der Waals surface area (Å²) in [6, 6.07) is 9.40. The minimum absolute atomic E-state index is 0.129. The predicted molar refractivity (Wildman–Crippen MR) is 69.6 cm³/mol. The number of nitrogens with zero attached hydrogens (tertiary/aromatic N) is 2. The second-order valence-corrected chi connectivity index (χ2v) is 5.35. The fourth-order valence-electron chi connectivity index (χ4n) is 1.51. The monoisotopic (exact) mass is 262 g/mol. The van der Waals surface area contributed by atoms with Crippen molar-refractivity contribution in [2.24, 2.45) is 0 Å². The number of hydrogen-bond acceptors (Lipinski definition) is 5.